The highest BCUT2D eigenvalue weighted by Gasteiger charge is 2.15. The number of halogens is 1. The van der Waals surface area contributed by atoms with Crippen LogP contribution in [0.2, 0.25) is 0 Å². The SMILES string of the molecule is COc1ccccc1CN(Cc1ccccc1F)c1cccc(C(=O)O)c1. The maximum Gasteiger partial charge on any atom is 0.335 e. The zero-order valence-corrected chi connectivity index (χ0v) is 14.9. The summed E-state index contributed by atoms with van der Waals surface area (Å²) in [5.74, 6) is -0.567. The largest absolute Gasteiger partial charge is 0.496 e. The van der Waals surface area contributed by atoms with Gasteiger partial charge in [0, 0.05) is 29.9 Å². The number of nitrogens with zero attached hydrogens (tertiary/aromatic N) is 1. The maximum atomic E-state index is 14.2. The standard InChI is InChI=1S/C22H20FNO3/c1-27-21-12-5-3-8-18(21)15-24(14-17-7-2-4-11-20(17)23)19-10-6-9-16(13-19)22(25)26/h2-13H,14-15H2,1H3,(H,25,26). The molecule has 0 saturated carbocycles. The fourth-order valence-electron chi connectivity index (χ4n) is 2.95. The predicted molar refractivity (Wildman–Crippen MR) is 103 cm³/mol. The Balaban J connectivity index is 1.99. The van der Waals surface area contributed by atoms with Gasteiger partial charge in [0.05, 0.1) is 12.7 Å². The van der Waals surface area contributed by atoms with Crippen molar-refractivity contribution in [3.63, 3.8) is 0 Å². The zero-order valence-electron chi connectivity index (χ0n) is 14.9. The van der Waals surface area contributed by atoms with Gasteiger partial charge in [-0.2, -0.15) is 0 Å². The second-order valence-corrected chi connectivity index (χ2v) is 6.11. The molecule has 0 aliphatic rings. The number of carboxylic acid groups (broad SMARTS) is 1. The highest BCUT2D eigenvalue weighted by molar-refractivity contribution is 5.88. The summed E-state index contributed by atoms with van der Waals surface area (Å²) in [7, 11) is 1.60. The van der Waals surface area contributed by atoms with E-state index in [1.165, 1.54) is 12.1 Å². The highest BCUT2D eigenvalue weighted by atomic mass is 19.1. The normalized spacial score (nSPS) is 10.4. The van der Waals surface area contributed by atoms with Gasteiger partial charge >= 0.3 is 5.97 Å². The molecular formula is C22H20FNO3. The highest BCUT2D eigenvalue weighted by Crippen LogP contribution is 2.26. The fourth-order valence-corrected chi connectivity index (χ4v) is 2.95. The quantitative estimate of drug-likeness (QED) is 0.657. The lowest BCUT2D eigenvalue weighted by Crippen LogP contribution is -2.23. The first-order valence-corrected chi connectivity index (χ1v) is 8.52. The molecule has 5 heteroatoms. The minimum Gasteiger partial charge on any atom is -0.496 e. The molecule has 138 valence electrons. The number of carboxylic acids is 1. The maximum absolute atomic E-state index is 14.2. The van der Waals surface area contributed by atoms with Crippen LogP contribution in [0.3, 0.4) is 0 Å². The van der Waals surface area contributed by atoms with E-state index in [1.807, 2.05) is 35.2 Å². The number of benzene rings is 3. The fraction of sp³-hybridized carbons (Fsp3) is 0.136. The van der Waals surface area contributed by atoms with E-state index in [4.69, 9.17) is 4.74 Å². The van der Waals surface area contributed by atoms with Crippen molar-refractivity contribution >= 4 is 11.7 Å². The molecule has 0 bridgehead atoms. The van der Waals surface area contributed by atoms with Crippen LogP contribution in [0.5, 0.6) is 5.75 Å². The number of hydrogen-bond acceptors (Lipinski definition) is 3. The molecule has 3 aromatic carbocycles. The van der Waals surface area contributed by atoms with E-state index in [9.17, 15) is 14.3 Å². The molecule has 0 atom stereocenters. The number of ether oxygens (including phenoxy) is 1. The molecular weight excluding hydrogens is 345 g/mol. The van der Waals surface area contributed by atoms with Crippen LogP contribution in [0.1, 0.15) is 21.5 Å². The van der Waals surface area contributed by atoms with Gasteiger partial charge in [-0.3, -0.25) is 0 Å². The predicted octanol–water partition coefficient (Wildman–Crippen LogP) is 4.74. The molecule has 0 amide bonds. The number of hydrogen-bond donors (Lipinski definition) is 1. The number of anilines is 1. The summed E-state index contributed by atoms with van der Waals surface area (Å²) in [5.41, 5.74) is 2.35. The first-order valence-electron chi connectivity index (χ1n) is 8.52. The average Bonchev–Trinajstić information content (AvgIpc) is 2.69. The Morgan fingerprint density at radius 2 is 1.63 bits per heavy atom. The van der Waals surface area contributed by atoms with Crippen molar-refractivity contribution in [2.24, 2.45) is 0 Å². The van der Waals surface area contributed by atoms with Crippen molar-refractivity contribution in [3.05, 3.63) is 95.3 Å². The van der Waals surface area contributed by atoms with Gasteiger partial charge in [0.25, 0.3) is 0 Å². The van der Waals surface area contributed by atoms with E-state index >= 15 is 0 Å². The Hall–Kier alpha value is -3.34. The van der Waals surface area contributed by atoms with Crippen LogP contribution in [-0.4, -0.2) is 18.2 Å². The second kappa shape index (κ2) is 8.36. The van der Waals surface area contributed by atoms with Gasteiger partial charge in [-0.25, -0.2) is 9.18 Å². The Labute approximate surface area is 157 Å². The summed E-state index contributed by atoms with van der Waals surface area (Å²) < 4.78 is 19.6. The van der Waals surface area contributed by atoms with E-state index in [2.05, 4.69) is 0 Å². The first-order chi connectivity index (χ1) is 13.1. The molecule has 0 aromatic heterocycles. The number of aromatic carboxylic acids is 1. The molecule has 27 heavy (non-hydrogen) atoms. The molecule has 0 aliphatic carbocycles. The molecule has 0 radical (unpaired) electrons. The van der Waals surface area contributed by atoms with Crippen molar-refractivity contribution in [1.82, 2.24) is 0 Å². The molecule has 0 unspecified atom stereocenters. The molecule has 4 nitrogen and oxygen atoms in total. The van der Waals surface area contributed by atoms with Crippen LogP contribution < -0.4 is 9.64 Å². The van der Waals surface area contributed by atoms with Crippen LogP contribution in [0.25, 0.3) is 0 Å². The van der Waals surface area contributed by atoms with E-state index in [0.717, 1.165) is 11.3 Å². The van der Waals surface area contributed by atoms with E-state index in [1.54, 1.807) is 37.4 Å². The summed E-state index contributed by atoms with van der Waals surface area (Å²) in [5, 5.41) is 9.30. The van der Waals surface area contributed by atoms with E-state index < -0.39 is 5.97 Å². The third-order valence-corrected chi connectivity index (χ3v) is 4.33. The second-order valence-electron chi connectivity index (χ2n) is 6.11. The van der Waals surface area contributed by atoms with Crippen molar-refractivity contribution in [2.45, 2.75) is 13.1 Å². The molecule has 3 rings (SSSR count). The number of methoxy groups -OCH3 is 1. The van der Waals surface area contributed by atoms with Crippen molar-refractivity contribution in [3.8, 4) is 5.75 Å². The first kappa shape index (κ1) is 18.5. The van der Waals surface area contributed by atoms with Gasteiger partial charge < -0.3 is 14.7 Å². The molecule has 0 aliphatic heterocycles. The molecule has 0 spiro atoms. The van der Waals surface area contributed by atoms with Crippen LogP contribution in [0.4, 0.5) is 10.1 Å². The smallest absolute Gasteiger partial charge is 0.335 e. The molecule has 0 fully saturated rings. The number of rotatable bonds is 7. The van der Waals surface area contributed by atoms with Gasteiger partial charge in [0.2, 0.25) is 0 Å². The van der Waals surface area contributed by atoms with Gasteiger partial charge in [-0.1, -0.05) is 42.5 Å². The van der Waals surface area contributed by atoms with Crippen molar-refractivity contribution in [1.29, 1.82) is 0 Å². The van der Waals surface area contributed by atoms with Crippen LogP contribution >= 0.6 is 0 Å². The lowest BCUT2D eigenvalue weighted by Gasteiger charge is -2.26. The molecule has 3 aromatic rings. The molecule has 0 saturated heterocycles. The minimum absolute atomic E-state index is 0.186. The lowest BCUT2D eigenvalue weighted by molar-refractivity contribution is 0.0697. The Morgan fingerprint density at radius 3 is 2.33 bits per heavy atom. The van der Waals surface area contributed by atoms with Gasteiger partial charge in [0.15, 0.2) is 0 Å². The number of carbonyl (C=O) groups is 1. The Bertz CT molecular complexity index is 942. The van der Waals surface area contributed by atoms with Crippen LogP contribution in [0.15, 0.2) is 72.8 Å². The molecule has 0 heterocycles. The topological polar surface area (TPSA) is 49.8 Å². The summed E-state index contributed by atoms with van der Waals surface area (Å²) in [6.45, 7) is 0.745. The zero-order chi connectivity index (χ0) is 19.2. The third kappa shape index (κ3) is 4.44. The summed E-state index contributed by atoms with van der Waals surface area (Å²) in [4.78, 5) is 13.3. The van der Waals surface area contributed by atoms with Crippen LogP contribution in [0, 0.1) is 5.82 Å². The summed E-state index contributed by atoms with van der Waals surface area (Å²) in [6.07, 6.45) is 0. The summed E-state index contributed by atoms with van der Waals surface area (Å²) >= 11 is 0. The van der Waals surface area contributed by atoms with Crippen molar-refractivity contribution in [2.75, 3.05) is 12.0 Å². The van der Waals surface area contributed by atoms with E-state index in [-0.39, 0.29) is 11.4 Å². The third-order valence-electron chi connectivity index (χ3n) is 4.33. The monoisotopic (exact) mass is 365 g/mol. The van der Waals surface area contributed by atoms with Gasteiger partial charge in [-0.05, 0) is 30.3 Å². The minimum atomic E-state index is -1.00. The lowest BCUT2D eigenvalue weighted by atomic mass is 10.1. The average molecular weight is 365 g/mol. The van der Waals surface area contributed by atoms with Crippen molar-refractivity contribution < 1.29 is 19.0 Å². The van der Waals surface area contributed by atoms with E-state index in [0.29, 0.717) is 24.3 Å². The summed E-state index contributed by atoms with van der Waals surface area (Å²) in [6, 6.07) is 20.8. The Kier molecular flexibility index (Phi) is 5.71. The van der Waals surface area contributed by atoms with Gasteiger partial charge in [-0.15, -0.1) is 0 Å². The number of para-hydroxylation sites is 1. The Morgan fingerprint density at radius 1 is 0.963 bits per heavy atom. The van der Waals surface area contributed by atoms with Gasteiger partial charge in [0.1, 0.15) is 11.6 Å². The van der Waals surface area contributed by atoms with Crippen LogP contribution in [-0.2, 0) is 13.1 Å². The molecule has 1 N–H and O–H groups in total.